The summed E-state index contributed by atoms with van der Waals surface area (Å²) >= 11 is 0. The number of carbonyl (C=O) groups excluding carboxylic acids is 2. The summed E-state index contributed by atoms with van der Waals surface area (Å²) < 4.78 is 0. The second-order valence-electron chi connectivity index (χ2n) is 5.95. The molecule has 25 heavy (non-hydrogen) atoms. The van der Waals surface area contributed by atoms with Gasteiger partial charge in [0.2, 0.25) is 0 Å². The second kappa shape index (κ2) is 6.10. The average Bonchev–Trinajstić information content (AvgIpc) is 2.86. The van der Waals surface area contributed by atoms with Crippen LogP contribution in [0.1, 0.15) is 29.2 Å². The minimum atomic E-state index is -1.21. The summed E-state index contributed by atoms with van der Waals surface area (Å²) in [5, 5.41) is 20.6. The minimum absolute atomic E-state index is 0.115. The van der Waals surface area contributed by atoms with E-state index in [1.165, 1.54) is 0 Å². The predicted octanol–water partition coefficient (Wildman–Crippen LogP) is 2.40. The number of rotatable bonds is 3. The van der Waals surface area contributed by atoms with Crippen molar-refractivity contribution in [3.63, 3.8) is 0 Å². The van der Waals surface area contributed by atoms with E-state index in [0.717, 1.165) is 10.5 Å². The lowest BCUT2D eigenvalue weighted by Crippen LogP contribution is -2.40. The van der Waals surface area contributed by atoms with Crippen LogP contribution in [0.2, 0.25) is 0 Å². The maximum absolute atomic E-state index is 12.9. The highest BCUT2D eigenvalue weighted by molar-refractivity contribution is 6.07. The summed E-state index contributed by atoms with van der Waals surface area (Å²) in [6, 6.07) is 16.9. The first-order valence-electron chi connectivity index (χ1n) is 7.62. The fourth-order valence-electron chi connectivity index (χ4n) is 2.80. The van der Waals surface area contributed by atoms with Crippen molar-refractivity contribution in [1.29, 1.82) is 10.5 Å². The van der Waals surface area contributed by atoms with Crippen LogP contribution in [0.25, 0.3) is 0 Å². The van der Waals surface area contributed by atoms with Gasteiger partial charge in [-0.25, -0.2) is 4.79 Å². The third-order valence-corrected chi connectivity index (χ3v) is 4.27. The number of benzene rings is 2. The molecule has 0 saturated carbocycles. The molecule has 2 aromatic rings. The fourth-order valence-corrected chi connectivity index (χ4v) is 2.80. The number of nitriles is 2. The monoisotopic (exact) mass is 330 g/mol. The summed E-state index contributed by atoms with van der Waals surface area (Å²) in [5.41, 5.74) is 1.03. The Kier molecular flexibility index (Phi) is 3.96. The molecule has 6 nitrogen and oxygen atoms in total. The van der Waals surface area contributed by atoms with Crippen molar-refractivity contribution in [2.45, 2.75) is 19.0 Å². The van der Waals surface area contributed by atoms with Crippen molar-refractivity contribution in [2.75, 3.05) is 0 Å². The van der Waals surface area contributed by atoms with Gasteiger partial charge in [-0.05, 0) is 42.3 Å². The van der Waals surface area contributed by atoms with Gasteiger partial charge in [0.05, 0.1) is 29.8 Å². The topological polar surface area (TPSA) is 97.0 Å². The average molecular weight is 330 g/mol. The lowest BCUT2D eigenvalue weighted by atomic mass is 9.91. The van der Waals surface area contributed by atoms with Crippen LogP contribution in [0.4, 0.5) is 4.79 Å². The van der Waals surface area contributed by atoms with E-state index >= 15 is 0 Å². The zero-order valence-corrected chi connectivity index (χ0v) is 13.5. The number of carbonyl (C=O) groups is 2. The van der Waals surface area contributed by atoms with Gasteiger partial charge in [-0.15, -0.1) is 0 Å². The number of nitrogens with zero attached hydrogens (tertiary/aromatic N) is 3. The third kappa shape index (κ3) is 2.82. The number of nitrogens with one attached hydrogen (secondary N) is 1. The Morgan fingerprint density at radius 2 is 1.72 bits per heavy atom. The molecule has 0 aliphatic carbocycles. The molecule has 1 N–H and O–H groups in total. The largest absolute Gasteiger partial charge is 0.325 e. The smallest absolute Gasteiger partial charge is 0.319 e. The van der Waals surface area contributed by atoms with Gasteiger partial charge < -0.3 is 5.32 Å². The van der Waals surface area contributed by atoms with Crippen LogP contribution in [0.3, 0.4) is 0 Å². The Bertz CT molecular complexity index is 937. The molecular formula is C19H14N4O2. The maximum Gasteiger partial charge on any atom is 0.325 e. The Balaban J connectivity index is 1.88. The number of urea groups is 1. The highest BCUT2D eigenvalue weighted by Gasteiger charge is 2.48. The molecule has 1 heterocycles. The lowest BCUT2D eigenvalue weighted by molar-refractivity contribution is -0.131. The van der Waals surface area contributed by atoms with Crippen LogP contribution >= 0.6 is 0 Å². The number of imide groups is 1. The fraction of sp³-hybridized carbons (Fsp3) is 0.158. The van der Waals surface area contributed by atoms with Gasteiger partial charge in [-0.1, -0.05) is 24.3 Å². The van der Waals surface area contributed by atoms with Crippen LogP contribution in [0.15, 0.2) is 48.5 Å². The first-order chi connectivity index (χ1) is 12.0. The van der Waals surface area contributed by atoms with Gasteiger partial charge in [0, 0.05) is 0 Å². The molecule has 6 heteroatoms. The van der Waals surface area contributed by atoms with E-state index in [0.29, 0.717) is 16.7 Å². The summed E-state index contributed by atoms with van der Waals surface area (Å²) in [6.07, 6.45) is 0. The van der Waals surface area contributed by atoms with Crippen molar-refractivity contribution in [2.24, 2.45) is 0 Å². The van der Waals surface area contributed by atoms with Gasteiger partial charge in [0.1, 0.15) is 5.54 Å². The standard InChI is InChI=1S/C19H14N4O2/c1-19(16-4-2-3-15(9-16)11-21)17(24)23(18(25)22-19)12-14-7-5-13(10-20)6-8-14/h2-9H,12H2,1H3,(H,22,25)/t19-/m0/s1. The lowest BCUT2D eigenvalue weighted by Gasteiger charge is -2.22. The van der Waals surface area contributed by atoms with E-state index in [9.17, 15) is 9.59 Å². The number of amides is 3. The van der Waals surface area contributed by atoms with E-state index in [1.807, 2.05) is 12.1 Å². The summed E-state index contributed by atoms with van der Waals surface area (Å²) in [4.78, 5) is 26.3. The van der Waals surface area contributed by atoms with Crippen LogP contribution in [0.5, 0.6) is 0 Å². The Morgan fingerprint density at radius 3 is 2.36 bits per heavy atom. The summed E-state index contributed by atoms with van der Waals surface area (Å²) in [7, 11) is 0. The van der Waals surface area contributed by atoms with Crippen molar-refractivity contribution in [1.82, 2.24) is 10.2 Å². The van der Waals surface area contributed by atoms with Crippen molar-refractivity contribution >= 4 is 11.9 Å². The predicted molar refractivity (Wildman–Crippen MR) is 88.7 cm³/mol. The molecule has 1 aliphatic rings. The summed E-state index contributed by atoms with van der Waals surface area (Å²) in [6.45, 7) is 1.74. The Labute approximate surface area is 144 Å². The van der Waals surface area contributed by atoms with E-state index < -0.39 is 11.6 Å². The van der Waals surface area contributed by atoms with E-state index in [1.54, 1.807) is 55.5 Å². The molecule has 1 atom stereocenters. The normalized spacial score (nSPS) is 19.2. The molecular weight excluding hydrogens is 316 g/mol. The van der Waals surface area contributed by atoms with Crippen molar-refractivity contribution in [3.05, 3.63) is 70.8 Å². The van der Waals surface area contributed by atoms with Crippen LogP contribution in [-0.2, 0) is 16.9 Å². The molecule has 122 valence electrons. The van der Waals surface area contributed by atoms with Crippen molar-refractivity contribution < 1.29 is 9.59 Å². The second-order valence-corrected chi connectivity index (χ2v) is 5.95. The molecule has 0 bridgehead atoms. The molecule has 3 rings (SSSR count). The molecule has 2 aromatic carbocycles. The first-order valence-corrected chi connectivity index (χ1v) is 7.62. The molecule has 1 saturated heterocycles. The zero-order valence-electron chi connectivity index (χ0n) is 13.5. The number of hydrogen-bond acceptors (Lipinski definition) is 4. The molecule has 0 aromatic heterocycles. The van der Waals surface area contributed by atoms with Crippen LogP contribution in [0, 0.1) is 22.7 Å². The van der Waals surface area contributed by atoms with Gasteiger partial charge >= 0.3 is 6.03 Å². The SMILES string of the molecule is C[C@@]1(c2cccc(C#N)c2)NC(=O)N(Cc2ccc(C#N)cc2)C1=O. The highest BCUT2D eigenvalue weighted by atomic mass is 16.2. The first kappa shape index (κ1) is 16.2. The zero-order chi connectivity index (χ0) is 18.0. The Hall–Kier alpha value is -3.64. The molecule has 3 amide bonds. The van der Waals surface area contributed by atoms with Gasteiger partial charge in [0.15, 0.2) is 0 Å². The molecule has 0 radical (unpaired) electrons. The Morgan fingerprint density at radius 1 is 1.04 bits per heavy atom. The summed E-state index contributed by atoms with van der Waals surface area (Å²) in [5.74, 6) is -0.378. The van der Waals surface area contributed by atoms with E-state index in [2.05, 4.69) is 5.32 Å². The van der Waals surface area contributed by atoms with Crippen LogP contribution in [-0.4, -0.2) is 16.8 Å². The molecule has 0 spiro atoms. The van der Waals surface area contributed by atoms with Gasteiger partial charge in [-0.2, -0.15) is 10.5 Å². The molecule has 1 aliphatic heterocycles. The molecule has 0 unspecified atom stereocenters. The maximum atomic E-state index is 12.9. The van der Waals surface area contributed by atoms with Gasteiger partial charge in [-0.3, -0.25) is 9.69 Å². The third-order valence-electron chi connectivity index (χ3n) is 4.27. The van der Waals surface area contributed by atoms with E-state index in [4.69, 9.17) is 10.5 Å². The van der Waals surface area contributed by atoms with Crippen molar-refractivity contribution in [3.8, 4) is 12.1 Å². The quantitative estimate of drug-likeness (QED) is 0.874. The minimum Gasteiger partial charge on any atom is -0.319 e. The van der Waals surface area contributed by atoms with Crippen LogP contribution < -0.4 is 5.32 Å². The van der Waals surface area contributed by atoms with E-state index in [-0.39, 0.29) is 12.5 Å². The molecule has 1 fully saturated rings. The highest BCUT2D eigenvalue weighted by Crippen LogP contribution is 2.30. The number of hydrogen-bond donors (Lipinski definition) is 1. The van der Waals surface area contributed by atoms with Gasteiger partial charge in [0.25, 0.3) is 5.91 Å².